The van der Waals surface area contributed by atoms with Crippen molar-refractivity contribution in [3.05, 3.63) is 11.7 Å². The van der Waals surface area contributed by atoms with Gasteiger partial charge in [-0.1, -0.05) is 18.0 Å². The topological polar surface area (TPSA) is 60.2 Å². The standard InChI is InChI=1S/C11H17N3O2/c1-2-4-8(3-1)10-13-11(16-14-10)9-7-15-6-5-12-9/h8-9,12H,1-7H2. The number of hydrogen-bond acceptors (Lipinski definition) is 5. The molecule has 0 spiro atoms. The highest BCUT2D eigenvalue weighted by Crippen LogP contribution is 2.32. The van der Waals surface area contributed by atoms with E-state index in [-0.39, 0.29) is 6.04 Å². The Morgan fingerprint density at radius 2 is 2.12 bits per heavy atom. The lowest BCUT2D eigenvalue weighted by Crippen LogP contribution is -2.34. The second-order valence-electron chi connectivity index (χ2n) is 4.55. The molecular formula is C11H17N3O2. The molecule has 1 atom stereocenters. The first-order valence-electron chi connectivity index (χ1n) is 6.08. The van der Waals surface area contributed by atoms with E-state index in [1.807, 2.05) is 0 Å². The Morgan fingerprint density at radius 3 is 2.88 bits per heavy atom. The van der Waals surface area contributed by atoms with Crippen molar-refractivity contribution in [1.29, 1.82) is 0 Å². The fourth-order valence-corrected chi connectivity index (χ4v) is 2.46. The monoisotopic (exact) mass is 223 g/mol. The summed E-state index contributed by atoms with van der Waals surface area (Å²) in [4.78, 5) is 4.50. The number of morpholine rings is 1. The zero-order valence-electron chi connectivity index (χ0n) is 9.32. The minimum Gasteiger partial charge on any atom is -0.378 e. The van der Waals surface area contributed by atoms with E-state index in [0.717, 1.165) is 19.0 Å². The molecule has 0 radical (unpaired) electrons. The molecule has 3 rings (SSSR count). The largest absolute Gasteiger partial charge is 0.378 e. The summed E-state index contributed by atoms with van der Waals surface area (Å²) in [5.41, 5.74) is 0. The molecule has 5 nitrogen and oxygen atoms in total. The lowest BCUT2D eigenvalue weighted by molar-refractivity contribution is 0.0659. The van der Waals surface area contributed by atoms with Crippen LogP contribution in [0.5, 0.6) is 0 Å². The second-order valence-corrected chi connectivity index (χ2v) is 4.55. The number of nitrogens with zero attached hydrogens (tertiary/aromatic N) is 2. The first kappa shape index (κ1) is 10.2. The highest BCUT2D eigenvalue weighted by molar-refractivity contribution is 5.00. The van der Waals surface area contributed by atoms with E-state index in [0.29, 0.717) is 18.4 Å². The van der Waals surface area contributed by atoms with Crippen molar-refractivity contribution >= 4 is 0 Å². The number of nitrogens with one attached hydrogen (secondary N) is 1. The summed E-state index contributed by atoms with van der Waals surface area (Å²) >= 11 is 0. The maximum absolute atomic E-state index is 5.38. The fraction of sp³-hybridized carbons (Fsp3) is 0.818. The predicted molar refractivity (Wildman–Crippen MR) is 57.1 cm³/mol. The molecule has 2 aliphatic rings. The Kier molecular flexibility index (Phi) is 2.88. The summed E-state index contributed by atoms with van der Waals surface area (Å²) in [6.07, 6.45) is 4.99. The third-order valence-electron chi connectivity index (χ3n) is 3.40. The highest BCUT2D eigenvalue weighted by atomic mass is 16.5. The molecule has 0 aromatic carbocycles. The average molecular weight is 223 g/mol. The van der Waals surface area contributed by atoms with Crippen LogP contribution in [0.1, 0.15) is 49.4 Å². The van der Waals surface area contributed by atoms with Gasteiger partial charge in [0, 0.05) is 12.5 Å². The van der Waals surface area contributed by atoms with Gasteiger partial charge in [0.05, 0.1) is 13.2 Å². The smallest absolute Gasteiger partial charge is 0.246 e. The Balaban J connectivity index is 1.71. The van der Waals surface area contributed by atoms with Gasteiger partial charge in [-0.05, 0) is 12.8 Å². The van der Waals surface area contributed by atoms with Crippen molar-refractivity contribution in [3.63, 3.8) is 0 Å². The molecule has 1 unspecified atom stereocenters. The summed E-state index contributed by atoms with van der Waals surface area (Å²) in [7, 11) is 0. The molecule has 1 aromatic heterocycles. The van der Waals surface area contributed by atoms with Crippen molar-refractivity contribution in [3.8, 4) is 0 Å². The average Bonchev–Trinajstić information content (AvgIpc) is 3.01. The molecule has 1 N–H and O–H groups in total. The molecule has 16 heavy (non-hydrogen) atoms. The first-order chi connectivity index (χ1) is 7.93. The van der Waals surface area contributed by atoms with Crippen molar-refractivity contribution in [1.82, 2.24) is 15.5 Å². The molecular weight excluding hydrogens is 206 g/mol. The minimum atomic E-state index is 0.0800. The summed E-state index contributed by atoms with van der Waals surface area (Å²) < 4.78 is 10.7. The van der Waals surface area contributed by atoms with Gasteiger partial charge in [0.25, 0.3) is 0 Å². The van der Waals surface area contributed by atoms with Crippen LogP contribution in [0.2, 0.25) is 0 Å². The van der Waals surface area contributed by atoms with Crippen LogP contribution in [0.3, 0.4) is 0 Å². The third-order valence-corrected chi connectivity index (χ3v) is 3.40. The van der Waals surface area contributed by atoms with Crippen LogP contribution < -0.4 is 5.32 Å². The van der Waals surface area contributed by atoms with Gasteiger partial charge in [-0.25, -0.2) is 0 Å². The summed E-state index contributed by atoms with van der Waals surface area (Å²) in [6.45, 7) is 2.25. The summed E-state index contributed by atoms with van der Waals surface area (Å²) in [5.74, 6) is 2.09. The third kappa shape index (κ3) is 1.97. The van der Waals surface area contributed by atoms with Crippen LogP contribution in [0, 0.1) is 0 Å². The molecule has 5 heteroatoms. The van der Waals surface area contributed by atoms with E-state index < -0.39 is 0 Å². The van der Waals surface area contributed by atoms with E-state index in [4.69, 9.17) is 9.26 Å². The number of aromatic nitrogens is 2. The van der Waals surface area contributed by atoms with E-state index in [1.165, 1.54) is 25.7 Å². The Bertz CT molecular complexity index is 341. The molecule has 1 aromatic rings. The van der Waals surface area contributed by atoms with Crippen LogP contribution >= 0.6 is 0 Å². The summed E-state index contributed by atoms with van der Waals surface area (Å²) in [6, 6.07) is 0.0800. The van der Waals surface area contributed by atoms with Gasteiger partial charge in [-0.3, -0.25) is 0 Å². The van der Waals surface area contributed by atoms with Crippen LogP contribution in [0.4, 0.5) is 0 Å². The minimum absolute atomic E-state index is 0.0800. The predicted octanol–water partition coefficient (Wildman–Crippen LogP) is 1.39. The van der Waals surface area contributed by atoms with Gasteiger partial charge in [0.2, 0.25) is 5.89 Å². The quantitative estimate of drug-likeness (QED) is 0.821. The molecule has 88 valence electrons. The van der Waals surface area contributed by atoms with Crippen LogP contribution in [0.25, 0.3) is 0 Å². The van der Waals surface area contributed by atoms with Crippen LogP contribution in [0.15, 0.2) is 4.52 Å². The molecule has 1 saturated heterocycles. The Labute approximate surface area is 94.6 Å². The van der Waals surface area contributed by atoms with Crippen molar-refractivity contribution in [2.24, 2.45) is 0 Å². The van der Waals surface area contributed by atoms with Gasteiger partial charge in [-0.2, -0.15) is 4.98 Å². The molecule has 0 amide bonds. The van der Waals surface area contributed by atoms with E-state index in [1.54, 1.807) is 0 Å². The molecule has 0 bridgehead atoms. The van der Waals surface area contributed by atoms with Crippen molar-refractivity contribution in [2.45, 2.75) is 37.6 Å². The second kappa shape index (κ2) is 4.51. The van der Waals surface area contributed by atoms with Gasteiger partial charge in [0.15, 0.2) is 5.82 Å². The van der Waals surface area contributed by atoms with E-state index in [9.17, 15) is 0 Å². The molecule has 1 saturated carbocycles. The zero-order valence-corrected chi connectivity index (χ0v) is 9.32. The molecule has 1 aliphatic heterocycles. The lowest BCUT2D eigenvalue weighted by Gasteiger charge is -2.20. The summed E-state index contributed by atoms with van der Waals surface area (Å²) in [5, 5.41) is 7.41. The van der Waals surface area contributed by atoms with Gasteiger partial charge < -0.3 is 14.6 Å². The van der Waals surface area contributed by atoms with Crippen LogP contribution in [-0.4, -0.2) is 29.9 Å². The molecule has 1 aliphatic carbocycles. The van der Waals surface area contributed by atoms with E-state index in [2.05, 4.69) is 15.5 Å². The molecule has 2 heterocycles. The Morgan fingerprint density at radius 1 is 1.25 bits per heavy atom. The lowest BCUT2D eigenvalue weighted by atomic mass is 10.1. The normalized spacial score (nSPS) is 27.4. The highest BCUT2D eigenvalue weighted by Gasteiger charge is 2.26. The Hall–Kier alpha value is -0.940. The zero-order chi connectivity index (χ0) is 10.8. The number of hydrogen-bond donors (Lipinski definition) is 1. The first-order valence-corrected chi connectivity index (χ1v) is 6.08. The maximum Gasteiger partial charge on any atom is 0.246 e. The SMILES string of the molecule is C1CCC(c2noc(C3COCCN3)n2)C1. The fourth-order valence-electron chi connectivity index (χ4n) is 2.46. The van der Waals surface area contributed by atoms with E-state index >= 15 is 0 Å². The number of rotatable bonds is 2. The van der Waals surface area contributed by atoms with Gasteiger partial charge in [-0.15, -0.1) is 0 Å². The van der Waals surface area contributed by atoms with Gasteiger partial charge >= 0.3 is 0 Å². The maximum atomic E-state index is 5.38. The van der Waals surface area contributed by atoms with Crippen LogP contribution in [-0.2, 0) is 4.74 Å². The number of ether oxygens (including phenoxy) is 1. The van der Waals surface area contributed by atoms with Gasteiger partial charge in [0.1, 0.15) is 6.04 Å². The molecule has 2 fully saturated rings. The van der Waals surface area contributed by atoms with Crippen molar-refractivity contribution in [2.75, 3.05) is 19.8 Å². The van der Waals surface area contributed by atoms with Crippen molar-refractivity contribution < 1.29 is 9.26 Å².